The van der Waals surface area contributed by atoms with Gasteiger partial charge in [-0.05, 0) is 60.2 Å². The van der Waals surface area contributed by atoms with Crippen LogP contribution in [0.3, 0.4) is 0 Å². The molecule has 1 aromatic heterocycles. The third kappa shape index (κ3) is 9.44. The molecule has 3 aromatic rings. The van der Waals surface area contributed by atoms with Gasteiger partial charge >= 0.3 is 0 Å². The van der Waals surface area contributed by atoms with Crippen LogP contribution in [0.25, 0.3) is 0 Å². The third-order valence-electron chi connectivity index (χ3n) is 9.36. The zero-order valence-corrected chi connectivity index (χ0v) is 28.5. The van der Waals surface area contributed by atoms with Crippen molar-refractivity contribution in [2.24, 2.45) is 13.0 Å². The fourth-order valence-corrected chi connectivity index (χ4v) is 6.67. The van der Waals surface area contributed by atoms with Crippen molar-refractivity contribution in [3.8, 4) is 0 Å². The molecule has 2 unspecified atom stereocenters. The summed E-state index contributed by atoms with van der Waals surface area (Å²) in [7, 11) is 1.70. The van der Waals surface area contributed by atoms with Crippen molar-refractivity contribution in [3.63, 3.8) is 0 Å². The van der Waals surface area contributed by atoms with E-state index in [-0.39, 0.29) is 36.0 Å². The molecule has 0 bridgehead atoms. The van der Waals surface area contributed by atoms with Gasteiger partial charge in [-0.2, -0.15) is 5.10 Å². The molecule has 12 heteroatoms. The molecule has 1 saturated carbocycles. The number of amides is 4. The summed E-state index contributed by atoms with van der Waals surface area (Å²) >= 11 is 6.02. The van der Waals surface area contributed by atoms with Gasteiger partial charge in [0.25, 0.3) is 5.91 Å². The molecule has 2 heterocycles. The van der Waals surface area contributed by atoms with Crippen LogP contribution in [0, 0.1) is 5.92 Å². The van der Waals surface area contributed by atoms with Crippen LogP contribution >= 0.6 is 11.6 Å². The Labute approximate surface area is 287 Å². The fourth-order valence-electron chi connectivity index (χ4n) is 6.55. The molecule has 2 atom stereocenters. The van der Waals surface area contributed by atoms with Gasteiger partial charge < -0.3 is 20.9 Å². The number of benzene rings is 2. The van der Waals surface area contributed by atoms with E-state index in [2.05, 4.69) is 25.9 Å². The number of aromatic nitrogens is 2. The number of carbonyl (C=O) groups is 4. The number of hydrogen-bond donors (Lipinski definition) is 3. The Morgan fingerprint density at radius 1 is 0.875 bits per heavy atom. The van der Waals surface area contributed by atoms with Gasteiger partial charge in [0, 0.05) is 69.5 Å². The topological polar surface area (TPSA) is 129 Å². The van der Waals surface area contributed by atoms with Crippen molar-refractivity contribution in [2.75, 3.05) is 31.5 Å². The van der Waals surface area contributed by atoms with E-state index in [1.165, 1.54) is 10.2 Å². The Kier molecular flexibility index (Phi) is 12.2. The second-order valence-electron chi connectivity index (χ2n) is 12.8. The van der Waals surface area contributed by atoms with E-state index in [1.54, 1.807) is 38.4 Å². The molecule has 48 heavy (non-hydrogen) atoms. The molecule has 11 nitrogen and oxygen atoms in total. The molecular weight excluding hydrogens is 630 g/mol. The van der Waals surface area contributed by atoms with Crippen LogP contribution in [0.4, 0.5) is 5.69 Å². The first-order chi connectivity index (χ1) is 23.2. The molecular formula is C36H46ClN7O4. The van der Waals surface area contributed by atoms with Gasteiger partial charge in [-0.15, -0.1) is 0 Å². The maximum Gasteiger partial charge on any atom is 0.270 e. The first kappa shape index (κ1) is 35.1. The van der Waals surface area contributed by atoms with Crippen molar-refractivity contribution >= 4 is 40.9 Å². The lowest BCUT2D eigenvalue weighted by molar-refractivity contribution is -0.138. The molecule has 4 amide bonds. The molecule has 0 radical (unpaired) electrons. The number of nitrogens with zero attached hydrogens (tertiary/aromatic N) is 4. The lowest BCUT2D eigenvalue weighted by Gasteiger charge is -2.36. The fraction of sp³-hybridized carbons (Fsp3) is 0.472. The van der Waals surface area contributed by atoms with Gasteiger partial charge in [-0.1, -0.05) is 62.1 Å². The normalized spacial score (nSPS) is 16.9. The number of nitrogens with one attached hydrogen (secondary N) is 3. The lowest BCUT2D eigenvalue weighted by Crippen LogP contribution is -2.55. The highest BCUT2D eigenvalue weighted by atomic mass is 35.5. The number of hydrogen-bond acceptors (Lipinski definition) is 6. The van der Waals surface area contributed by atoms with Crippen LogP contribution in [0.1, 0.15) is 67.1 Å². The molecule has 1 aliphatic heterocycles. The third-order valence-corrected chi connectivity index (χ3v) is 9.61. The van der Waals surface area contributed by atoms with E-state index in [0.717, 1.165) is 57.3 Å². The predicted molar refractivity (Wildman–Crippen MR) is 185 cm³/mol. The maximum atomic E-state index is 13.7. The van der Waals surface area contributed by atoms with Crippen molar-refractivity contribution in [3.05, 3.63) is 82.6 Å². The standard InChI is InChI=1S/C36H46ClN7O4/c1-3-32(45)40-30(36(48)44-21-19-43(20-22-44)24-26-9-13-28(37)14-10-26)23-25-11-15-29(16-12-25)39-35(47)33(27-7-5-4-6-8-27)41-34(46)31-17-18-38-42(31)2/h9-18,27,30,33H,3-8,19-24H2,1-2H3,(H,39,47)(H,40,45)(H,41,46). The maximum absolute atomic E-state index is 13.7. The number of carbonyl (C=O) groups excluding carboxylic acids is 4. The highest BCUT2D eigenvalue weighted by Crippen LogP contribution is 2.28. The Bertz CT molecular complexity index is 1540. The number of halogens is 1. The van der Waals surface area contributed by atoms with Crippen molar-refractivity contribution in [1.29, 1.82) is 0 Å². The summed E-state index contributed by atoms with van der Waals surface area (Å²) in [6.07, 6.45) is 7.10. The van der Waals surface area contributed by atoms with Gasteiger partial charge in [0.2, 0.25) is 17.7 Å². The number of anilines is 1. The highest BCUT2D eigenvalue weighted by Gasteiger charge is 2.32. The van der Waals surface area contributed by atoms with Crippen molar-refractivity contribution < 1.29 is 19.2 Å². The van der Waals surface area contributed by atoms with E-state index in [4.69, 9.17) is 11.6 Å². The second-order valence-corrected chi connectivity index (χ2v) is 13.2. The van der Waals surface area contributed by atoms with Crippen LogP contribution in [-0.2, 0) is 34.4 Å². The van der Waals surface area contributed by atoms with E-state index < -0.39 is 12.1 Å². The van der Waals surface area contributed by atoms with E-state index in [1.807, 2.05) is 41.3 Å². The summed E-state index contributed by atoms with van der Waals surface area (Å²) < 4.78 is 1.49. The Balaban J connectivity index is 1.20. The Hall–Kier alpha value is -4.22. The Morgan fingerprint density at radius 2 is 1.54 bits per heavy atom. The summed E-state index contributed by atoms with van der Waals surface area (Å²) in [6, 6.07) is 15.4. The molecule has 0 spiro atoms. The van der Waals surface area contributed by atoms with Gasteiger partial charge in [0.15, 0.2) is 0 Å². The smallest absolute Gasteiger partial charge is 0.270 e. The molecule has 2 aliphatic rings. The molecule has 2 fully saturated rings. The molecule has 2 aromatic carbocycles. The summed E-state index contributed by atoms with van der Waals surface area (Å²) in [5.41, 5.74) is 3.02. The Morgan fingerprint density at radius 3 is 2.17 bits per heavy atom. The quantitative estimate of drug-likeness (QED) is 0.264. The highest BCUT2D eigenvalue weighted by molar-refractivity contribution is 6.30. The molecule has 5 rings (SSSR count). The van der Waals surface area contributed by atoms with Crippen molar-refractivity contribution in [1.82, 2.24) is 30.2 Å². The largest absolute Gasteiger partial charge is 0.344 e. The van der Waals surface area contributed by atoms with Crippen LogP contribution in [0.15, 0.2) is 60.8 Å². The minimum absolute atomic E-state index is 0.0449. The summed E-state index contributed by atoms with van der Waals surface area (Å²) in [5.74, 6) is -0.823. The molecule has 3 N–H and O–H groups in total. The molecule has 256 valence electrons. The summed E-state index contributed by atoms with van der Waals surface area (Å²) in [4.78, 5) is 56.8. The zero-order chi connectivity index (χ0) is 34.0. The summed E-state index contributed by atoms with van der Waals surface area (Å²) in [5, 5.41) is 13.7. The minimum Gasteiger partial charge on any atom is -0.344 e. The zero-order valence-electron chi connectivity index (χ0n) is 27.8. The van der Waals surface area contributed by atoms with E-state index in [0.29, 0.717) is 35.9 Å². The number of aryl methyl sites for hydroxylation is 1. The summed E-state index contributed by atoms with van der Waals surface area (Å²) in [6.45, 7) is 5.19. The number of rotatable bonds is 12. The monoisotopic (exact) mass is 675 g/mol. The number of piperazine rings is 1. The van der Waals surface area contributed by atoms with Gasteiger partial charge in [-0.25, -0.2) is 0 Å². The SMILES string of the molecule is CCC(=O)NC(Cc1ccc(NC(=O)C(NC(=O)c2ccnn2C)C2CCCCC2)cc1)C(=O)N1CCN(Cc2ccc(Cl)cc2)CC1. The lowest BCUT2D eigenvalue weighted by atomic mass is 9.83. The van der Waals surface area contributed by atoms with Crippen LogP contribution < -0.4 is 16.0 Å². The molecule has 1 saturated heterocycles. The van der Waals surface area contributed by atoms with Crippen LogP contribution in [-0.4, -0.2) is 81.5 Å². The predicted octanol–water partition coefficient (Wildman–Crippen LogP) is 4.17. The average Bonchev–Trinajstić information content (AvgIpc) is 3.54. The van der Waals surface area contributed by atoms with Crippen LogP contribution in [0.2, 0.25) is 5.02 Å². The van der Waals surface area contributed by atoms with E-state index in [9.17, 15) is 19.2 Å². The van der Waals surface area contributed by atoms with Gasteiger partial charge in [0.1, 0.15) is 17.8 Å². The minimum atomic E-state index is -0.696. The first-order valence-corrected chi connectivity index (χ1v) is 17.3. The molecule has 1 aliphatic carbocycles. The van der Waals surface area contributed by atoms with E-state index >= 15 is 0 Å². The van der Waals surface area contributed by atoms with Gasteiger partial charge in [-0.3, -0.25) is 28.8 Å². The van der Waals surface area contributed by atoms with Crippen molar-refractivity contribution in [2.45, 2.75) is 70.5 Å². The second kappa shape index (κ2) is 16.7. The van der Waals surface area contributed by atoms with Crippen LogP contribution in [0.5, 0.6) is 0 Å². The first-order valence-electron chi connectivity index (χ1n) is 16.9. The van der Waals surface area contributed by atoms with Gasteiger partial charge in [0.05, 0.1) is 0 Å². The average molecular weight is 676 g/mol.